The number of nitrogens with one attached hydrogen (secondary N) is 2. The average Bonchev–Trinajstić information content (AvgIpc) is 3.30. The number of rotatable bonds is 4. The predicted molar refractivity (Wildman–Crippen MR) is 117 cm³/mol. The Morgan fingerprint density at radius 1 is 1.03 bits per heavy atom. The summed E-state index contributed by atoms with van der Waals surface area (Å²) in [5.74, 6) is 0.0676. The molecule has 29 heavy (non-hydrogen) atoms. The number of para-hydroxylation sites is 1. The van der Waals surface area contributed by atoms with Crippen molar-refractivity contribution in [2.24, 2.45) is 0 Å². The number of urea groups is 1. The van der Waals surface area contributed by atoms with E-state index in [-0.39, 0.29) is 11.9 Å². The van der Waals surface area contributed by atoms with Crippen molar-refractivity contribution in [2.45, 2.75) is 20.3 Å². The smallest absolute Gasteiger partial charge is 0.317 e. The molecule has 1 aromatic carbocycles. The average molecular weight is 411 g/mol. The number of aromatic amines is 1. The highest BCUT2D eigenvalue weighted by molar-refractivity contribution is 7.13. The van der Waals surface area contributed by atoms with Crippen molar-refractivity contribution in [3.63, 3.8) is 0 Å². The van der Waals surface area contributed by atoms with Crippen molar-refractivity contribution in [1.82, 2.24) is 20.1 Å². The molecule has 152 valence electrons. The van der Waals surface area contributed by atoms with E-state index in [9.17, 15) is 9.59 Å². The highest BCUT2D eigenvalue weighted by Gasteiger charge is 2.25. The van der Waals surface area contributed by atoms with Gasteiger partial charge in [-0.25, -0.2) is 4.79 Å². The third-order valence-electron chi connectivity index (χ3n) is 5.48. The van der Waals surface area contributed by atoms with Gasteiger partial charge < -0.3 is 20.1 Å². The lowest BCUT2D eigenvalue weighted by Crippen LogP contribution is -2.53. The normalized spacial score (nSPS) is 14.4. The van der Waals surface area contributed by atoms with Crippen LogP contribution in [0.3, 0.4) is 0 Å². The molecule has 7 heteroatoms. The van der Waals surface area contributed by atoms with Gasteiger partial charge in [0.15, 0.2) is 0 Å². The minimum atomic E-state index is -0.0541. The van der Waals surface area contributed by atoms with Gasteiger partial charge in [0.25, 0.3) is 5.91 Å². The lowest BCUT2D eigenvalue weighted by molar-refractivity contribution is 0.0670. The van der Waals surface area contributed by atoms with Gasteiger partial charge >= 0.3 is 6.03 Å². The topological polar surface area (TPSA) is 68.4 Å². The Morgan fingerprint density at radius 2 is 1.76 bits per heavy atom. The van der Waals surface area contributed by atoms with Crippen molar-refractivity contribution in [3.8, 4) is 0 Å². The number of carbonyl (C=O) groups excluding carboxylic acids is 2. The van der Waals surface area contributed by atoms with Crippen LogP contribution in [0, 0.1) is 13.8 Å². The number of fused-ring (bicyclic) bond motifs is 1. The molecule has 6 nitrogen and oxygen atoms in total. The number of aromatic nitrogens is 1. The summed E-state index contributed by atoms with van der Waals surface area (Å²) in [4.78, 5) is 34.0. The van der Waals surface area contributed by atoms with Crippen LogP contribution >= 0.6 is 11.3 Å². The Hall–Kier alpha value is -2.80. The van der Waals surface area contributed by atoms with Crippen molar-refractivity contribution in [3.05, 3.63) is 57.4 Å². The van der Waals surface area contributed by atoms with E-state index in [1.165, 1.54) is 22.3 Å². The van der Waals surface area contributed by atoms with E-state index in [1.54, 1.807) is 4.90 Å². The van der Waals surface area contributed by atoms with Crippen LogP contribution in [0.1, 0.15) is 25.8 Å². The lowest BCUT2D eigenvalue weighted by atomic mass is 10.1. The maximum absolute atomic E-state index is 12.5. The van der Waals surface area contributed by atoms with E-state index in [2.05, 4.69) is 29.4 Å². The number of hydrogen-bond acceptors (Lipinski definition) is 3. The summed E-state index contributed by atoms with van der Waals surface area (Å²) in [5.41, 5.74) is 3.53. The molecule has 4 rings (SSSR count). The molecule has 3 heterocycles. The molecular weight excluding hydrogens is 384 g/mol. The maximum atomic E-state index is 12.5. The van der Waals surface area contributed by atoms with Gasteiger partial charge in [0.05, 0.1) is 4.88 Å². The minimum Gasteiger partial charge on any atom is -0.358 e. The predicted octanol–water partition coefficient (Wildman–Crippen LogP) is 3.56. The third kappa shape index (κ3) is 4.15. The largest absolute Gasteiger partial charge is 0.358 e. The molecule has 0 radical (unpaired) electrons. The zero-order valence-electron chi connectivity index (χ0n) is 16.8. The third-order valence-corrected chi connectivity index (χ3v) is 6.47. The molecule has 0 unspecified atom stereocenters. The van der Waals surface area contributed by atoms with Crippen LogP contribution in [0.2, 0.25) is 0 Å². The molecule has 1 fully saturated rings. The SMILES string of the molecule is Cc1ccc(C(=O)N2CCN(C(=O)NCCc3c(C)[nH]c4ccccc34)CC2)s1. The van der Waals surface area contributed by atoms with Crippen LogP contribution < -0.4 is 5.32 Å². The van der Waals surface area contributed by atoms with Crippen LogP contribution in [0.5, 0.6) is 0 Å². The number of hydrogen-bond donors (Lipinski definition) is 2. The molecule has 2 aromatic heterocycles. The Kier molecular flexibility index (Phi) is 5.58. The van der Waals surface area contributed by atoms with Crippen LogP contribution in [-0.4, -0.2) is 59.4 Å². The summed E-state index contributed by atoms with van der Waals surface area (Å²) in [7, 11) is 0. The minimum absolute atomic E-state index is 0.0541. The molecule has 0 aliphatic carbocycles. The molecular formula is C22H26N4O2S. The second-order valence-electron chi connectivity index (χ2n) is 7.45. The first kappa shape index (κ1) is 19.5. The quantitative estimate of drug-likeness (QED) is 0.691. The fourth-order valence-electron chi connectivity index (χ4n) is 3.88. The first-order valence-corrected chi connectivity index (χ1v) is 10.8. The summed E-state index contributed by atoms with van der Waals surface area (Å²) in [6.45, 7) is 6.94. The summed E-state index contributed by atoms with van der Waals surface area (Å²) >= 11 is 1.52. The van der Waals surface area contributed by atoms with E-state index < -0.39 is 0 Å². The molecule has 1 aliphatic heterocycles. The number of benzene rings is 1. The van der Waals surface area contributed by atoms with E-state index in [0.717, 1.165) is 27.4 Å². The zero-order chi connectivity index (χ0) is 20.4. The second-order valence-corrected chi connectivity index (χ2v) is 8.73. The number of piperazine rings is 1. The molecule has 1 aliphatic rings. The monoisotopic (exact) mass is 410 g/mol. The van der Waals surface area contributed by atoms with Crippen LogP contribution in [0.25, 0.3) is 10.9 Å². The molecule has 3 aromatic rings. The van der Waals surface area contributed by atoms with Gasteiger partial charge in [-0.15, -0.1) is 11.3 Å². The zero-order valence-corrected chi connectivity index (χ0v) is 17.6. The first-order valence-electron chi connectivity index (χ1n) is 9.97. The van der Waals surface area contributed by atoms with E-state index in [4.69, 9.17) is 0 Å². The molecule has 0 saturated carbocycles. The number of H-pyrrole nitrogens is 1. The standard InChI is InChI=1S/C22H26N4O2S/c1-15-7-8-20(29-15)21(27)25-11-13-26(14-12-25)22(28)23-10-9-17-16(2)24-19-6-4-3-5-18(17)19/h3-8,24H,9-14H2,1-2H3,(H,23,28). The number of thiophene rings is 1. The summed E-state index contributed by atoms with van der Waals surface area (Å²) in [6.07, 6.45) is 0.789. The van der Waals surface area contributed by atoms with Crippen LogP contribution in [0.4, 0.5) is 4.79 Å². The number of carbonyl (C=O) groups is 2. The molecule has 0 bridgehead atoms. The van der Waals surface area contributed by atoms with Crippen LogP contribution in [0.15, 0.2) is 36.4 Å². The summed E-state index contributed by atoms with van der Waals surface area (Å²) in [5, 5.41) is 4.25. The van der Waals surface area contributed by atoms with Crippen LogP contribution in [-0.2, 0) is 6.42 Å². The van der Waals surface area contributed by atoms with Gasteiger partial charge in [0.1, 0.15) is 0 Å². The number of aryl methyl sites for hydroxylation is 2. The van der Waals surface area contributed by atoms with Crippen molar-refractivity contribution in [2.75, 3.05) is 32.7 Å². The van der Waals surface area contributed by atoms with E-state index in [1.807, 2.05) is 36.1 Å². The molecule has 0 atom stereocenters. The van der Waals surface area contributed by atoms with Gasteiger partial charge in [0.2, 0.25) is 0 Å². The number of nitrogens with zero attached hydrogens (tertiary/aromatic N) is 2. The van der Waals surface area contributed by atoms with Gasteiger partial charge in [-0.3, -0.25) is 4.79 Å². The summed E-state index contributed by atoms with van der Waals surface area (Å²) < 4.78 is 0. The van der Waals surface area contributed by atoms with Gasteiger partial charge in [-0.2, -0.15) is 0 Å². The Bertz CT molecular complexity index is 1030. The Morgan fingerprint density at radius 3 is 2.48 bits per heavy atom. The fourth-order valence-corrected chi connectivity index (χ4v) is 4.72. The first-order chi connectivity index (χ1) is 14.0. The van der Waals surface area contributed by atoms with E-state index >= 15 is 0 Å². The Balaban J connectivity index is 1.27. The summed E-state index contributed by atoms with van der Waals surface area (Å²) in [6, 6.07) is 12.0. The van der Waals surface area contributed by atoms with Gasteiger partial charge in [-0.1, -0.05) is 18.2 Å². The Labute approximate surface area is 174 Å². The lowest BCUT2D eigenvalue weighted by Gasteiger charge is -2.34. The number of amides is 3. The van der Waals surface area contributed by atoms with Crippen molar-refractivity contribution < 1.29 is 9.59 Å². The van der Waals surface area contributed by atoms with Gasteiger partial charge in [-0.05, 0) is 44.0 Å². The van der Waals surface area contributed by atoms with Crippen molar-refractivity contribution in [1.29, 1.82) is 0 Å². The fraction of sp³-hybridized carbons (Fsp3) is 0.364. The van der Waals surface area contributed by atoms with Gasteiger partial charge in [0, 0.05) is 54.2 Å². The highest BCUT2D eigenvalue weighted by Crippen LogP contribution is 2.22. The molecule has 3 amide bonds. The highest BCUT2D eigenvalue weighted by atomic mass is 32.1. The molecule has 2 N–H and O–H groups in total. The molecule has 0 spiro atoms. The van der Waals surface area contributed by atoms with E-state index in [0.29, 0.717) is 32.7 Å². The van der Waals surface area contributed by atoms with Crippen molar-refractivity contribution >= 4 is 34.2 Å². The maximum Gasteiger partial charge on any atom is 0.317 e. The molecule has 1 saturated heterocycles. The second kappa shape index (κ2) is 8.29.